The first-order chi connectivity index (χ1) is 5.83. The second-order valence-electron chi connectivity index (χ2n) is 2.95. The van der Waals surface area contributed by atoms with Gasteiger partial charge in [-0.15, -0.1) is 0 Å². The van der Waals surface area contributed by atoms with Crippen molar-refractivity contribution < 1.29 is 5.11 Å². The highest BCUT2D eigenvalue weighted by Crippen LogP contribution is 2.01. The van der Waals surface area contributed by atoms with Crippen molar-refractivity contribution >= 4 is 0 Å². The maximum absolute atomic E-state index is 8.60. The minimum absolute atomic E-state index is 0.0496. The van der Waals surface area contributed by atoms with E-state index in [4.69, 9.17) is 5.11 Å². The smallest absolute Gasteiger partial charge is 0.0933 e. The van der Waals surface area contributed by atoms with Crippen molar-refractivity contribution in [3.8, 4) is 0 Å². The summed E-state index contributed by atoms with van der Waals surface area (Å²) in [6.07, 6.45) is 0.960. The molecule has 0 saturated heterocycles. The predicted octanol–water partition coefficient (Wildman–Crippen LogP) is 1.16. The minimum Gasteiger partial charge on any atom is -0.381 e. The highest BCUT2D eigenvalue weighted by atomic mass is 16.3. The van der Waals surface area contributed by atoms with Crippen LogP contribution in [0.1, 0.15) is 12.5 Å². The lowest BCUT2D eigenvalue weighted by Gasteiger charge is -2.10. The number of aliphatic hydroxyl groups excluding tert-OH is 1. The van der Waals surface area contributed by atoms with Gasteiger partial charge in [0.1, 0.15) is 0 Å². The van der Waals surface area contributed by atoms with Crippen LogP contribution >= 0.6 is 0 Å². The molecule has 0 aliphatic heterocycles. The molecule has 0 aliphatic rings. The standard InChI is InChI=1S/C10H15NO/c1-9(11-8-12)7-10-5-3-2-4-6-10/h2-6,9,11-12H,7-8H2,1H3. The molecule has 2 heteroatoms. The average molecular weight is 165 g/mol. The molecule has 0 radical (unpaired) electrons. The van der Waals surface area contributed by atoms with Crippen LogP contribution in [-0.4, -0.2) is 17.9 Å². The Morgan fingerprint density at radius 2 is 2.00 bits per heavy atom. The van der Waals surface area contributed by atoms with Crippen molar-refractivity contribution in [1.82, 2.24) is 5.32 Å². The molecule has 1 aromatic carbocycles. The summed E-state index contributed by atoms with van der Waals surface area (Å²) in [7, 11) is 0. The number of aliphatic hydroxyl groups is 1. The van der Waals surface area contributed by atoms with E-state index in [1.54, 1.807) is 0 Å². The number of rotatable bonds is 4. The summed E-state index contributed by atoms with van der Waals surface area (Å²) in [5.74, 6) is 0. The normalized spacial score (nSPS) is 12.8. The average Bonchev–Trinajstić information content (AvgIpc) is 2.06. The monoisotopic (exact) mass is 165 g/mol. The first-order valence-corrected chi connectivity index (χ1v) is 4.21. The van der Waals surface area contributed by atoms with Crippen LogP contribution in [0.4, 0.5) is 0 Å². The number of nitrogens with one attached hydrogen (secondary N) is 1. The molecule has 0 heterocycles. The van der Waals surface area contributed by atoms with Crippen LogP contribution in [0.3, 0.4) is 0 Å². The summed E-state index contributed by atoms with van der Waals surface area (Å²) in [6, 6.07) is 10.6. The zero-order valence-electron chi connectivity index (χ0n) is 7.33. The Kier molecular flexibility index (Phi) is 3.77. The third-order valence-electron chi connectivity index (χ3n) is 1.82. The zero-order valence-corrected chi connectivity index (χ0v) is 7.33. The lowest BCUT2D eigenvalue weighted by Crippen LogP contribution is -2.28. The maximum atomic E-state index is 8.60. The van der Waals surface area contributed by atoms with E-state index in [0.29, 0.717) is 6.04 Å². The lowest BCUT2D eigenvalue weighted by atomic mass is 10.1. The Balaban J connectivity index is 2.41. The van der Waals surface area contributed by atoms with Crippen LogP contribution in [0.5, 0.6) is 0 Å². The van der Waals surface area contributed by atoms with Gasteiger partial charge < -0.3 is 5.11 Å². The van der Waals surface area contributed by atoms with E-state index in [1.807, 2.05) is 18.2 Å². The lowest BCUT2D eigenvalue weighted by molar-refractivity contribution is 0.244. The highest BCUT2D eigenvalue weighted by molar-refractivity contribution is 5.15. The number of benzene rings is 1. The molecule has 12 heavy (non-hydrogen) atoms. The maximum Gasteiger partial charge on any atom is 0.0933 e. The molecular weight excluding hydrogens is 150 g/mol. The van der Waals surface area contributed by atoms with Gasteiger partial charge in [0, 0.05) is 6.04 Å². The summed E-state index contributed by atoms with van der Waals surface area (Å²) >= 11 is 0. The molecule has 0 aliphatic carbocycles. The molecule has 0 bridgehead atoms. The largest absolute Gasteiger partial charge is 0.381 e. The fourth-order valence-corrected chi connectivity index (χ4v) is 1.20. The molecule has 1 atom stereocenters. The Hall–Kier alpha value is -0.860. The molecule has 1 unspecified atom stereocenters. The Morgan fingerprint density at radius 3 is 2.58 bits per heavy atom. The molecule has 2 N–H and O–H groups in total. The Labute approximate surface area is 73.2 Å². The van der Waals surface area contributed by atoms with Crippen molar-refractivity contribution in [2.75, 3.05) is 6.73 Å². The summed E-state index contributed by atoms with van der Waals surface area (Å²) in [4.78, 5) is 0. The molecular formula is C10H15NO. The summed E-state index contributed by atoms with van der Waals surface area (Å²) in [5, 5.41) is 11.6. The summed E-state index contributed by atoms with van der Waals surface area (Å²) in [5.41, 5.74) is 1.30. The quantitative estimate of drug-likeness (QED) is 0.656. The van der Waals surface area contributed by atoms with Crippen molar-refractivity contribution in [1.29, 1.82) is 0 Å². The van der Waals surface area contributed by atoms with Crippen molar-refractivity contribution in [3.05, 3.63) is 35.9 Å². The van der Waals surface area contributed by atoms with Crippen molar-refractivity contribution in [2.24, 2.45) is 0 Å². The van der Waals surface area contributed by atoms with E-state index < -0.39 is 0 Å². The van der Waals surface area contributed by atoms with E-state index in [1.165, 1.54) is 5.56 Å². The fraction of sp³-hybridized carbons (Fsp3) is 0.400. The van der Waals surface area contributed by atoms with E-state index in [2.05, 4.69) is 24.4 Å². The Bertz CT molecular complexity index is 210. The molecule has 0 spiro atoms. The second-order valence-corrected chi connectivity index (χ2v) is 2.95. The molecule has 2 nitrogen and oxygen atoms in total. The molecule has 0 fully saturated rings. The predicted molar refractivity (Wildman–Crippen MR) is 49.8 cm³/mol. The third kappa shape index (κ3) is 3.03. The first kappa shape index (κ1) is 9.23. The molecule has 0 aromatic heterocycles. The molecule has 1 aromatic rings. The molecule has 1 rings (SSSR count). The van der Waals surface area contributed by atoms with Crippen LogP contribution in [0.25, 0.3) is 0 Å². The summed E-state index contributed by atoms with van der Waals surface area (Å²) < 4.78 is 0. The van der Waals surface area contributed by atoms with Crippen LogP contribution in [0, 0.1) is 0 Å². The second kappa shape index (κ2) is 4.91. The zero-order chi connectivity index (χ0) is 8.81. The van der Waals surface area contributed by atoms with Gasteiger partial charge in [0.15, 0.2) is 0 Å². The van der Waals surface area contributed by atoms with E-state index in [0.717, 1.165) is 6.42 Å². The van der Waals surface area contributed by atoms with Crippen molar-refractivity contribution in [3.63, 3.8) is 0 Å². The van der Waals surface area contributed by atoms with E-state index in [-0.39, 0.29) is 6.73 Å². The van der Waals surface area contributed by atoms with Gasteiger partial charge in [-0.3, -0.25) is 5.32 Å². The number of hydrogen-bond acceptors (Lipinski definition) is 2. The van der Waals surface area contributed by atoms with Crippen LogP contribution in [0.15, 0.2) is 30.3 Å². The van der Waals surface area contributed by atoms with Gasteiger partial charge in [0.25, 0.3) is 0 Å². The van der Waals surface area contributed by atoms with Gasteiger partial charge in [0.2, 0.25) is 0 Å². The molecule has 66 valence electrons. The topological polar surface area (TPSA) is 32.3 Å². The van der Waals surface area contributed by atoms with Gasteiger partial charge in [-0.2, -0.15) is 0 Å². The fourth-order valence-electron chi connectivity index (χ4n) is 1.20. The van der Waals surface area contributed by atoms with Gasteiger partial charge >= 0.3 is 0 Å². The Morgan fingerprint density at radius 1 is 1.33 bits per heavy atom. The van der Waals surface area contributed by atoms with E-state index in [9.17, 15) is 0 Å². The molecule has 0 amide bonds. The SMILES string of the molecule is CC(Cc1ccccc1)NCO. The van der Waals surface area contributed by atoms with E-state index >= 15 is 0 Å². The number of hydrogen-bond donors (Lipinski definition) is 2. The highest BCUT2D eigenvalue weighted by Gasteiger charge is 1.99. The van der Waals surface area contributed by atoms with Gasteiger partial charge in [-0.1, -0.05) is 30.3 Å². The minimum atomic E-state index is 0.0496. The third-order valence-corrected chi connectivity index (χ3v) is 1.82. The van der Waals surface area contributed by atoms with Crippen LogP contribution < -0.4 is 5.32 Å². The summed E-state index contributed by atoms with van der Waals surface area (Å²) in [6.45, 7) is 2.11. The molecule has 0 saturated carbocycles. The van der Waals surface area contributed by atoms with Crippen molar-refractivity contribution in [2.45, 2.75) is 19.4 Å². The van der Waals surface area contributed by atoms with Gasteiger partial charge in [0.05, 0.1) is 6.73 Å². The van der Waals surface area contributed by atoms with Gasteiger partial charge in [-0.25, -0.2) is 0 Å². The van der Waals surface area contributed by atoms with Gasteiger partial charge in [-0.05, 0) is 18.9 Å². The first-order valence-electron chi connectivity index (χ1n) is 4.21. The van der Waals surface area contributed by atoms with Crippen LogP contribution in [-0.2, 0) is 6.42 Å². The van der Waals surface area contributed by atoms with Crippen LogP contribution in [0.2, 0.25) is 0 Å².